The molecule has 38 heavy (non-hydrogen) atoms. The lowest BCUT2D eigenvalue weighted by Gasteiger charge is -2.35. The lowest BCUT2D eigenvalue weighted by molar-refractivity contribution is -0.128. The molecular formula is C27H31FN8O2. The third kappa shape index (κ3) is 5.57. The number of hydrogen-bond acceptors (Lipinski definition) is 7. The molecule has 4 aromatic rings. The van der Waals surface area contributed by atoms with E-state index in [-0.39, 0.29) is 17.9 Å². The van der Waals surface area contributed by atoms with Crippen molar-refractivity contribution in [1.29, 1.82) is 0 Å². The van der Waals surface area contributed by atoms with Crippen LogP contribution in [0.1, 0.15) is 61.2 Å². The predicted molar refractivity (Wildman–Crippen MR) is 139 cm³/mol. The molecule has 4 heterocycles. The second kappa shape index (κ2) is 10.3. The van der Waals surface area contributed by atoms with E-state index < -0.39 is 11.4 Å². The zero-order chi connectivity index (χ0) is 26.9. The monoisotopic (exact) mass is 518 g/mol. The van der Waals surface area contributed by atoms with Crippen LogP contribution in [0.5, 0.6) is 0 Å². The largest absolute Gasteiger partial charge is 0.384 e. The summed E-state index contributed by atoms with van der Waals surface area (Å²) >= 11 is 0. The average molecular weight is 519 g/mol. The Balaban J connectivity index is 1.19. The lowest BCUT2D eigenvalue weighted by Crippen LogP contribution is -2.39. The van der Waals surface area contributed by atoms with Gasteiger partial charge in [-0.05, 0) is 75.8 Å². The number of aryl methyl sites for hydroxylation is 2. The first-order valence-electron chi connectivity index (χ1n) is 12.7. The van der Waals surface area contributed by atoms with E-state index in [0.717, 1.165) is 23.0 Å². The Morgan fingerprint density at radius 3 is 2.61 bits per heavy atom. The van der Waals surface area contributed by atoms with Gasteiger partial charge in [0.25, 0.3) is 0 Å². The fourth-order valence-corrected chi connectivity index (χ4v) is 4.83. The van der Waals surface area contributed by atoms with Crippen LogP contribution in [-0.4, -0.2) is 41.0 Å². The summed E-state index contributed by atoms with van der Waals surface area (Å²) in [6.45, 7) is 5.78. The van der Waals surface area contributed by atoms with Gasteiger partial charge in [0, 0.05) is 23.9 Å². The number of H-pyrrole nitrogens is 1. The summed E-state index contributed by atoms with van der Waals surface area (Å²) in [4.78, 5) is 22.0. The topological polar surface area (TPSA) is 134 Å². The Hall–Kier alpha value is -4.12. The number of carbonyl (C=O) groups excluding carboxylic acids is 1. The zero-order valence-corrected chi connectivity index (χ0v) is 21.6. The molecule has 0 spiro atoms. The molecule has 11 heteroatoms. The van der Waals surface area contributed by atoms with Gasteiger partial charge in [-0.2, -0.15) is 10.2 Å². The van der Waals surface area contributed by atoms with Crippen LogP contribution in [0.25, 0.3) is 5.82 Å². The fourth-order valence-electron chi connectivity index (χ4n) is 4.83. The molecule has 1 aliphatic carbocycles. The van der Waals surface area contributed by atoms with Gasteiger partial charge in [0.15, 0.2) is 17.5 Å². The van der Waals surface area contributed by atoms with Crippen molar-refractivity contribution in [2.75, 3.05) is 5.32 Å². The van der Waals surface area contributed by atoms with E-state index in [1.807, 2.05) is 45.0 Å². The van der Waals surface area contributed by atoms with Gasteiger partial charge in [0.2, 0.25) is 5.91 Å². The highest BCUT2D eigenvalue weighted by Crippen LogP contribution is 2.40. The number of nitrogens with one attached hydrogen (secondary N) is 3. The van der Waals surface area contributed by atoms with E-state index in [9.17, 15) is 14.3 Å². The minimum absolute atomic E-state index is 0.0498. The van der Waals surface area contributed by atoms with Crippen molar-refractivity contribution in [3.05, 3.63) is 77.3 Å². The summed E-state index contributed by atoms with van der Waals surface area (Å²) in [6, 6.07) is 9.01. The molecule has 198 valence electrons. The van der Waals surface area contributed by atoms with Crippen molar-refractivity contribution in [3.8, 4) is 5.82 Å². The average Bonchev–Trinajstić information content (AvgIpc) is 3.51. The predicted octanol–water partition coefficient (Wildman–Crippen LogP) is 4.14. The van der Waals surface area contributed by atoms with Crippen molar-refractivity contribution >= 4 is 17.5 Å². The van der Waals surface area contributed by atoms with Crippen LogP contribution in [-0.2, 0) is 10.4 Å². The van der Waals surface area contributed by atoms with Crippen molar-refractivity contribution in [2.24, 2.45) is 5.92 Å². The van der Waals surface area contributed by atoms with E-state index in [1.54, 1.807) is 12.3 Å². The Labute approximate surface area is 219 Å². The summed E-state index contributed by atoms with van der Waals surface area (Å²) in [5, 5.41) is 28.7. The lowest BCUT2D eigenvalue weighted by atomic mass is 9.76. The highest BCUT2D eigenvalue weighted by Gasteiger charge is 2.38. The second-order valence-corrected chi connectivity index (χ2v) is 10.1. The van der Waals surface area contributed by atoms with Crippen LogP contribution in [0, 0.1) is 25.6 Å². The maximum absolute atomic E-state index is 13.2. The first-order chi connectivity index (χ1) is 18.2. The Kier molecular flexibility index (Phi) is 6.94. The van der Waals surface area contributed by atoms with Crippen LogP contribution < -0.4 is 10.6 Å². The number of rotatable bonds is 7. The molecule has 0 unspecified atom stereocenters. The van der Waals surface area contributed by atoms with Gasteiger partial charge >= 0.3 is 0 Å². The zero-order valence-electron chi connectivity index (χ0n) is 21.6. The Morgan fingerprint density at radius 2 is 1.97 bits per heavy atom. The van der Waals surface area contributed by atoms with Crippen LogP contribution >= 0.6 is 0 Å². The molecule has 1 aliphatic rings. The Bertz CT molecular complexity index is 1420. The number of hydrogen-bond donors (Lipinski definition) is 4. The van der Waals surface area contributed by atoms with E-state index in [1.165, 1.54) is 10.9 Å². The van der Waals surface area contributed by atoms with E-state index >= 15 is 0 Å². The number of aromatic nitrogens is 6. The van der Waals surface area contributed by atoms with Crippen LogP contribution in [0.15, 0.2) is 48.9 Å². The first-order valence-corrected chi connectivity index (χ1v) is 12.7. The second-order valence-electron chi connectivity index (χ2n) is 10.1. The van der Waals surface area contributed by atoms with Gasteiger partial charge in [-0.1, -0.05) is 6.07 Å². The quantitative estimate of drug-likeness (QED) is 0.289. The SMILES string of the molecule is Cc1cc(Nc2cc(C)[nH]n2)nc(C2(O)CCC(C(=O)N[C@H](C)c3ccc(-n4cc(F)cn4)nc3)CC2)c1. The summed E-state index contributed by atoms with van der Waals surface area (Å²) < 4.78 is 14.6. The summed E-state index contributed by atoms with van der Waals surface area (Å²) in [7, 11) is 0. The first kappa shape index (κ1) is 25.5. The molecule has 1 amide bonds. The van der Waals surface area contributed by atoms with Gasteiger partial charge in [-0.3, -0.25) is 9.89 Å². The molecule has 1 atom stereocenters. The van der Waals surface area contributed by atoms with Crippen LogP contribution in [0.4, 0.5) is 16.0 Å². The highest BCUT2D eigenvalue weighted by molar-refractivity contribution is 5.79. The number of carbonyl (C=O) groups is 1. The molecule has 5 rings (SSSR count). The summed E-state index contributed by atoms with van der Waals surface area (Å²) in [5.41, 5.74) is 2.24. The van der Waals surface area contributed by atoms with Crippen molar-refractivity contribution in [2.45, 2.75) is 58.1 Å². The minimum atomic E-state index is -1.10. The summed E-state index contributed by atoms with van der Waals surface area (Å²) in [5.74, 6) is 1.08. The number of pyridine rings is 2. The molecular weight excluding hydrogens is 487 g/mol. The Morgan fingerprint density at radius 1 is 1.18 bits per heavy atom. The normalized spacial score (nSPS) is 20.2. The molecule has 4 N–H and O–H groups in total. The number of amides is 1. The van der Waals surface area contributed by atoms with Gasteiger partial charge in [-0.25, -0.2) is 19.0 Å². The number of aliphatic hydroxyl groups is 1. The molecule has 0 bridgehead atoms. The maximum atomic E-state index is 13.2. The molecule has 0 radical (unpaired) electrons. The van der Waals surface area contributed by atoms with E-state index in [4.69, 9.17) is 0 Å². The van der Waals surface area contributed by atoms with Gasteiger partial charge in [0.05, 0.1) is 24.1 Å². The smallest absolute Gasteiger partial charge is 0.223 e. The molecule has 0 aromatic carbocycles. The van der Waals surface area contributed by atoms with E-state index in [0.29, 0.717) is 48.8 Å². The number of nitrogens with zero attached hydrogens (tertiary/aromatic N) is 5. The van der Waals surface area contributed by atoms with Gasteiger partial charge < -0.3 is 15.7 Å². The standard InChI is InChI=1S/C27H31FN8O2/c1-16-10-22(32-23(11-16)33-24-12-17(2)34-35-24)27(38)8-6-19(7-9-27)26(37)31-18(3)20-4-5-25(29-13-20)36-15-21(28)14-30-36/h4-5,10-15,18-19,38H,6-9H2,1-3H3,(H,31,37)(H2,32,33,34,35)/t18-,19?,27?/m1/s1. The van der Waals surface area contributed by atoms with Crippen molar-refractivity contribution in [1.82, 2.24) is 35.3 Å². The van der Waals surface area contributed by atoms with Crippen molar-refractivity contribution < 1.29 is 14.3 Å². The molecule has 10 nitrogen and oxygen atoms in total. The van der Waals surface area contributed by atoms with Gasteiger partial charge in [-0.15, -0.1) is 0 Å². The minimum Gasteiger partial charge on any atom is -0.384 e. The molecule has 0 saturated heterocycles. The molecule has 4 aromatic heterocycles. The van der Waals surface area contributed by atoms with Gasteiger partial charge in [0.1, 0.15) is 11.4 Å². The van der Waals surface area contributed by atoms with Crippen LogP contribution in [0.3, 0.4) is 0 Å². The molecule has 1 fully saturated rings. The molecule has 0 aliphatic heterocycles. The summed E-state index contributed by atoms with van der Waals surface area (Å²) in [6.07, 6.45) is 6.00. The third-order valence-electron chi connectivity index (χ3n) is 7.01. The van der Waals surface area contributed by atoms with Crippen molar-refractivity contribution in [3.63, 3.8) is 0 Å². The number of anilines is 2. The number of halogens is 1. The fraction of sp³-hybridized carbons (Fsp3) is 0.370. The maximum Gasteiger partial charge on any atom is 0.223 e. The number of aromatic amines is 1. The highest BCUT2D eigenvalue weighted by atomic mass is 19.1. The third-order valence-corrected chi connectivity index (χ3v) is 7.01. The van der Waals surface area contributed by atoms with E-state index in [2.05, 4.69) is 35.9 Å². The van der Waals surface area contributed by atoms with Crippen LogP contribution in [0.2, 0.25) is 0 Å². The molecule has 1 saturated carbocycles.